The minimum absolute atomic E-state index is 0.00245. The molecule has 2 N–H and O–H groups in total. The lowest BCUT2D eigenvalue weighted by molar-refractivity contribution is 0.0692. The minimum Gasteiger partial charge on any atom is -0.476 e. The van der Waals surface area contributed by atoms with E-state index in [9.17, 15) is 14.3 Å². The molecule has 1 aliphatic heterocycles. The molecule has 0 bridgehead atoms. The van der Waals surface area contributed by atoms with Gasteiger partial charge >= 0.3 is 5.97 Å². The van der Waals surface area contributed by atoms with E-state index in [-0.39, 0.29) is 11.7 Å². The molecule has 2 aromatic rings. The fourth-order valence-electron chi connectivity index (χ4n) is 2.53. The number of nitrogens with one attached hydrogen (secondary N) is 1. The van der Waals surface area contributed by atoms with Crippen LogP contribution < -0.4 is 10.2 Å². The second-order valence-electron chi connectivity index (χ2n) is 5.26. The molecule has 116 valence electrons. The number of benzene rings is 1. The Morgan fingerprint density at radius 2 is 2.27 bits per heavy atom. The first kappa shape index (κ1) is 14.9. The SMILES string of the molecule is C[C@@H]1CN(c2sc(-c3ccccc3F)nc2C(=O)O)CCN1. The molecule has 0 aliphatic carbocycles. The predicted octanol–water partition coefficient (Wildman–Crippen LogP) is 2.45. The number of carbonyl (C=O) groups is 1. The van der Waals surface area contributed by atoms with Gasteiger partial charge in [0.2, 0.25) is 0 Å². The van der Waals surface area contributed by atoms with Crippen molar-refractivity contribution in [2.45, 2.75) is 13.0 Å². The van der Waals surface area contributed by atoms with Gasteiger partial charge in [-0.05, 0) is 19.1 Å². The average Bonchev–Trinajstić information content (AvgIpc) is 2.93. The highest BCUT2D eigenvalue weighted by Crippen LogP contribution is 2.36. The number of thiazole rings is 1. The molecule has 1 aromatic carbocycles. The highest BCUT2D eigenvalue weighted by Gasteiger charge is 2.26. The second-order valence-corrected chi connectivity index (χ2v) is 6.24. The van der Waals surface area contributed by atoms with Crippen LogP contribution in [0.2, 0.25) is 0 Å². The van der Waals surface area contributed by atoms with Crippen molar-refractivity contribution in [1.82, 2.24) is 10.3 Å². The molecule has 0 saturated carbocycles. The van der Waals surface area contributed by atoms with Gasteiger partial charge in [-0.3, -0.25) is 0 Å². The summed E-state index contributed by atoms with van der Waals surface area (Å²) in [5.41, 5.74) is 0.335. The second kappa shape index (κ2) is 6.02. The van der Waals surface area contributed by atoms with Crippen LogP contribution in [0.15, 0.2) is 24.3 Å². The van der Waals surface area contributed by atoms with Crippen molar-refractivity contribution in [2.24, 2.45) is 0 Å². The van der Waals surface area contributed by atoms with Gasteiger partial charge < -0.3 is 15.3 Å². The third-order valence-corrected chi connectivity index (χ3v) is 4.72. The van der Waals surface area contributed by atoms with E-state index >= 15 is 0 Å². The Kier molecular flexibility index (Phi) is 4.08. The van der Waals surface area contributed by atoms with Crippen molar-refractivity contribution >= 4 is 22.3 Å². The molecule has 1 aromatic heterocycles. The smallest absolute Gasteiger partial charge is 0.357 e. The lowest BCUT2D eigenvalue weighted by atomic mass is 10.2. The van der Waals surface area contributed by atoms with Crippen LogP contribution in [-0.4, -0.2) is 41.7 Å². The molecule has 7 heteroatoms. The van der Waals surface area contributed by atoms with Gasteiger partial charge in [0.1, 0.15) is 15.8 Å². The average molecular weight is 321 g/mol. The van der Waals surface area contributed by atoms with E-state index in [4.69, 9.17) is 0 Å². The quantitative estimate of drug-likeness (QED) is 0.909. The van der Waals surface area contributed by atoms with Gasteiger partial charge in [-0.2, -0.15) is 0 Å². The van der Waals surface area contributed by atoms with E-state index in [2.05, 4.69) is 10.3 Å². The highest BCUT2D eigenvalue weighted by atomic mass is 32.1. The van der Waals surface area contributed by atoms with Gasteiger partial charge in [0.25, 0.3) is 0 Å². The first-order chi connectivity index (χ1) is 10.6. The summed E-state index contributed by atoms with van der Waals surface area (Å²) in [6, 6.07) is 6.55. The zero-order valence-corrected chi connectivity index (χ0v) is 12.9. The number of carboxylic acid groups (broad SMARTS) is 1. The Morgan fingerprint density at radius 1 is 1.50 bits per heavy atom. The molecule has 2 heterocycles. The van der Waals surface area contributed by atoms with Gasteiger partial charge in [0, 0.05) is 31.2 Å². The zero-order valence-electron chi connectivity index (χ0n) is 12.0. The van der Waals surface area contributed by atoms with Crippen LogP contribution in [0.4, 0.5) is 9.39 Å². The van der Waals surface area contributed by atoms with E-state index in [1.54, 1.807) is 18.2 Å². The molecule has 1 fully saturated rings. The lowest BCUT2D eigenvalue weighted by Gasteiger charge is -2.32. The third kappa shape index (κ3) is 2.82. The Bertz CT molecular complexity index is 704. The molecular weight excluding hydrogens is 305 g/mol. The van der Waals surface area contributed by atoms with E-state index in [1.807, 2.05) is 11.8 Å². The topological polar surface area (TPSA) is 65.5 Å². The van der Waals surface area contributed by atoms with E-state index in [0.717, 1.165) is 6.54 Å². The van der Waals surface area contributed by atoms with Gasteiger partial charge in [-0.15, -0.1) is 0 Å². The van der Waals surface area contributed by atoms with E-state index in [1.165, 1.54) is 17.4 Å². The minimum atomic E-state index is -1.08. The van der Waals surface area contributed by atoms with Gasteiger partial charge in [0.15, 0.2) is 5.69 Å². The van der Waals surface area contributed by atoms with Crippen molar-refractivity contribution in [3.05, 3.63) is 35.8 Å². The molecular formula is C15H16FN3O2S. The molecule has 1 aliphatic rings. The first-order valence-corrected chi connectivity index (χ1v) is 7.85. The fourth-order valence-corrected chi connectivity index (χ4v) is 3.65. The maximum atomic E-state index is 13.9. The number of hydrogen-bond donors (Lipinski definition) is 2. The number of halogens is 1. The van der Waals surface area contributed by atoms with E-state index in [0.29, 0.717) is 28.7 Å². The van der Waals surface area contributed by atoms with Crippen LogP contribution in [0.1, 0.15) is 17.4 Å². The zero-order chi connectivity index (χ0) is 15.7. The number of carboxylic acids is 1. The Balaban J connectivity index is 2.03. The molecule has 0 radical (unpaired) electrons. The Labute approximate surface area is 131 Å². The third-order valence-electron chi connectivity index (χ3n) is 3.57. The number of hydrogen-bond acceptors (Lipinski definition) is 5. The summed E-state index contributed by atoms with van der Waals surface area (Å²) in [7, 11) is 0. The van der Waals surface area contributed by atoms with Crippen LogP contribution >= 0.6 is 11.3 Å². The van der Waals surface area contributed by atoms with Crippen molar-refractivity contribution in [1.29, 1.82) is 0 Å². The maximum absolute atomic E-state index is 13.9. The highest BCUT2D eigenvalue weighted by molar-refractivity contribution is 7.19. The van der Waals surface area contributed by atoms with Crippen LogP contribution in [-0.2, 0) is 0 Å². The Hall–Kier alpha value is -1.99. The molecule has 1 saturated heterocycles. The van der Waals surface area contributed by atoms with Gasteiger partial charge in [-0.25, -0.2) is 14.2 Å². The van der Waals surface area contributed by atoms with Crippen LogP contribution in [0.3, 0.4) is 0 Å². The largest absolute Gasteiger partial charge is 0.476 e. The standard InChI is InChI=1S/C15H16FN3O2S/c1-9-8-19(7-6-17-9)14-12(15(20)21)18-13(22-14)10-4-2-3-5-11(10)16/h2-5,9,17H,6-8H2,1H3,(H,20,21)/t9-/m1/s1. The lowest BCUT2D eigenvalue weighted by Crippen LogP contribution is -2.49. The number of piperazine rings is 1. The van der Waals surface area contributed by atoms with Crippen LogP contribution in [0.25, 0.3) is 10.6 Å². The normalized spacial score (nSPS) is 18.5. The number of nitrogens with zero attached hydrogens (tertiary/aromatic N) is 2. The first-order valence-electron chi connectivity index (χ1n) is 7.03. The predicted molar refractivity (Wildman–Crippen MR) is 84.1 cm³/mol. The number of aromatic nitrogens is 1. The molecule has 5 nitrogen and oxygen atoms in total. The molecule has 0 amide bonds. The Morgan fingerprint density at radius 3 is 2.95 bits per heavy atom. The summed E-state index contributed by atoms with van der Waals surface area (Å²) in [6.07, 6.45) is 0. The van der Waals surface area contributed by atoms with Crippen LogP contribution in [0.5, 0.6) is 0 Å². The summed E-state index contributed by atoms with van der Waals surface area (Å²) < 4.78 is 13.9. The summed E-state index contributed by atoms with van der Waals surface area (Å²) >= 11 is 1.23. The van der Waals surface area contributed by atoms with Gasteiger partial charge in [-0.1, -0.05) is 23.5 Å². The molecule has 22 heavy (non-hydrogen) atoms. The maximum Gasteiger partial charge on any atom is 0.357 e. The summed E-state index contributed by atoms with van der Waals surface area (Å²) in [4.78, 5) is 17.6. The summed E-state index contributed by atoms with van der Waals surface area (Å²) in [6.45, 7) is 4.25. The monoisotopic (exact) mass is 321 g/mol. The van der Waals surface area contributed by atoms with Crippen molar-refractivity contribution < 1.29 is 14.3 Å². The molecule has 0 spiro atoms. The molecule has 3 rings (SSSR count). The van der Waals surface area contributed by atoms with Crippen molar-refractivity contribution in [3.63, 3.8) is 0 Å². The number of anilines is 1. The van der Waals surface area contributed by atoms with Crippen molar-refractivity contribution in [3.8, 4) is 10.6 Å². The molecule has 1 atom stereocenters. The van der Waals surface area contributed by atoms with Gasteiger partial charge in [0.05, 0.1) is 0 Å². The molecule has 0 unspecified atom stereocenters. The summed E-state index contributed by atoms with van der Waals surface area (Å²) in [5, 5.41) is 13.7. The van der Waals surface area contributed by atoms with Crippen molar-refractivity contribution in [2.75, 3.05) is 24.5 Å². The van der Waals surface area contributed by atoms with Crippen LogP contribution in [0, 0.1) is 5.82 Å². The number of aromatic carboxylic acids is 1. The van der Waals surface area contributed by atoms with E-state index < -0.39 is 11.8 Å². The fraction of sp³-hybridized carbons (Fsp3) is 0.333. The summed E-state index contributed by atoms with van der Waals surface area (Å²) in [5.74, 6) is -1.48. The number of rotatable bonds is 3.